The van der Waals surface area contributed by atoms with Crippen LogP contribution in [0.15, 0.2) is 0 Å². The highest BCUT2D eigenvalue weighted by Crippen LogP contribution is 2.29. The topological polar surface area (TPSA) is 145 Å². The maximum Gasteiger partial charge on any atom is 0.323 e. The molecule has 0 aromatic heterocycles. The summed E-state index contributed by atoms with van der Waals surface area (Å²) in [6.07, 6.45) is 10.5. The van der Waals surface area contributed by atoms with Gasteiger partial charge in [0, 0.05) is 0 Å². The highest BCUT2D eigenvalue weighted by atomic mass is 16.6. The van der Waals surface area contributed by atoms with Crippen molar-refractivity contribution in [2.24, 2.45) is 5.41 Å². The number of unbranched alkanes of at least 4 members (excludes halogenated alkanes) is 9. The van der Waals surface area contributed by atoms with Crippen molar-refractivity contribution in [3.63, 3.8) is 0 Å². The molecule has 2 rings (SSSR count). The molecule has 2 heterocycles. The van der Waals surface area contributed by atoms with Crippen LogP contribution in [0.3, 0.4) is 0 Å². The molecule has 306 valence electrons. The van der Waals surface area contributed by atoms with Crippen molar-refractivity contribution in [2.45, 2.75) is 96.7 Å². The van der Waals surface area contributed by atoms with E-state index in [0.29, 0.717) is 105 Å². The number of hydrogen-bond acceptors (Lipinski definition) is 14. The Balaban J connectivity index is 1.97. The van der Waals surface area contributed by atoms with Gasteiger partial charge < -0.3 is 56.8 Å². The molecule has 2 unspecified atom stereocenters. The molecule has 0 amide bonds. The molecule has 0 bridgehead atoms. The molecule has 52 heavy (non-hydrogen) atoms. The summed E-state index contributed by atoms with van der Waals surface area (Å²) in [6.45, 7) is 10.5. The average Bonchev–Trinajstić information content (AvgIpc) is 3.17. The van der Waals surface area contributed by atoms with E-state index in [2.05, 4.69) is 6.92 Å². The second-order valence-corrected chi connectivity index (χ2v) is 13.3. The molecular weight excluding hydrogens is 680 g/mol. The Morgan fingerprint density at radius 1 is 0.462 bits per heavy atom. The van der Waals surface area contributed by atoms with Gasteiger partial charge in [0.2, 0.25) is 0 Å². The van der Waals surface area contributed by atoms with E-state index in [4.69, 9.17) is 56.8 Å². The molecule has 0 saturated carbocycles. The Labute approximate surface area is 312 Å². The molecule has 2 aliphatic rings. The maximum absolute atomic E-state index is 13.8. The molecule has 2 atom stereocenters. The molecule has 0 N–H and O–H groups in total. The Kier molecular flexibility index (Phi) is 29.6. The first-order chi connectivity index (χ1) is 25.6. The van der Waals surface area contributed by atoms with Crippen LogP contribution >= 0.6 is 0 Å². The van der Waals surface area contributed by atoms with E-state index in [1.807, 2.05) is 0 Å². The van der Waals surface area contributed by atoms with Gasteiger partial charge in [-0.15, -0.1) is 0 Å². The van der Waals surface area contributed by atoms with Gasteiger partial charge >= 0.3 is 11.9 Å². The lowest BCUT2D eigenvalue weighted by molar-refractivity contribution is -0.178. The summed E-state index contributed by atoms with van der Waals surface area (Å²) >= 11 is 0. The van der Waals surface area contributed by atoms with Crippen molar-refractivity contribution in [1.82, 2.24) is 0 Å². The number of ether oxygens (including phenoxy) is 12. The lowest BCUT2D eigenvalue weighted by atomic mass is 9.84. The monoisotopic (exact) mass is 750 g/mol. The van der Waals surface area contributed by atoms with E-state index in [1.54, 1.807) is 6.92 Å². The smallest absolute Gasteiger partial charge is 0.323 e. The zero-order valence-corrected chi connectivity index (χ0v) is 32.3. The van der Waals surface area contributed by atoms with Crippen LogP contribution in [-0.4, -0.2) is 156 Å². The largest absolute Gasteiger partial charge is 0.462 e. The molecule has 2 fully saturated rings. The van der Waals surface area contributed by atoms with E-state index in [9.17, 15) is 9.59 Å². The number of carbonyl (C=O) groups is 2. The number of esters is 2. The van der Waals surface area contributed by atoms with Crippen LogP contribution < -0.4 is 0 Å². The summed E-state index contributed by atoms with van der Waals surface area (Å²) in [5.41, 5.74) is -1.52. The number of carbonyl (C=O) groups excluding carboxylic acids is 2. The average molecular weight is 751 g/mol. The molecule has 0 aromatic carbocycles. The summed E-state index contributed by atoms with van der Waals surface area (Å²) in [5, 5.41) is 0. The van der Waals surface area contributed by atoms with Crippen LogP contribution in [0.2, 0.25) is 0 Å². The fourth-order valence-electron chi connectivity index (χ4n) is 5.49. The molecular formula is C38H70O14. The van der Waals surface area contributed by atoms with E-state index in [0.717, 1.165) is 19.3 Å². The van der Waals surface area contributed by atoms with Crippen LogP contribution in [0, 0.1) is 5.41 Å². The Morgan fingerprint density at radius 3 is 1.13 bits per heavy atom. The van der Waals surface area contributed by atoms with Gasteiger partial charge in [0.25, 0.3) is 0 Å². The zero-order valence-electron chi connectivity index (χ0n) is 32.3. The minimum absolute atomic E-state index is 0.0869. The van der Waals surface area contributed by atoms with Crippen LogP contribution in [-0.2, 0) is 66.4 Å². The highest BCUT2D eigenvalue weighted by molar-refractivity contribution is 5.99. The maximum atomic E-state index is 13.8. The molecule has 0 radical (unpaired) electrons. The molecule has 2 saturated heterocycles. The molecule has 14 nitrogen and oxygen atoms in total. The van der Waals surface area contributed by atoms with Gasteiger partial charge in [-0.3, -0.25) is 9.59 Å². The van der Waals surface area contributed by atoms with Gasteiger partial charge in [0.05, 0.1) is 119 Å². The summed E-state index contributed by atoms with van der Waals surface area (Å²) in [7, 11) is 0. The minimum Gasteiger partial charge on any atom is -0.462 e. The van der Waals surface area contributed by atoms with Crippen molar-refractivity contribution >= 4 is 11.9 Å². The molecule has 2 aliphatic heterocycles. The predicted molar refractivity (Wildman–Crippen MR) is 193 cm³/mol. The minimum atomic E-state index is -1.52. The van der Waals surface area contributed by atoms with Crippen molar-refractivity contribution < 1.29 is 66.4 Å². The fraction of sp³-hybridized carbons (Fsp3) is 0.947. The second-order valence-electron chi connectivity index (χ2n) is 13.3. The highest BCUT2D eigenvalue weighted by Gasteiger charge is 2.44. The van der Waals surface area contributed by atoms with Crippen molar-refractivity contribution in [3.05, 3.63) is 0 Å². The van der Waals surface area contributed by atoms with Crippen LogP contribution in [0.4, 0.5) is 0 Å². The molecule has 14 heteroatoms. The molecule has 0 aromatic rings. The van der Waals surface area contributed by atoms with Gasteiger partial charge in [-0.05, 0) is 13.3 Å². The van der Waals surface area contributed by atoms with Crippen LogP contribution in [0.1, 0.15) is 84.5 Å². The van der Waals surface area contributed by atoms with Gasteiger partial charge in [-0.1, -0.05) is 71.1 Å². The summed E-state index contributed by atoms with van der Waals surface area (Å²) in [4.78, 5) is 27.5. The lowest BCUT2D eigenvalue weighted by Gasteiger charge is -2.28. The van der Waals surface area contributed by atoms with Crippen molar-refractivity contribution in [3.8, 4) is 0 Å². The summed E-state index contributed by atoms with van der Waals surface area (Å²) < 4.78 is 68.0. The Hall–Kier alpha value is -1.46. The quantitative estimate of drug-likeness (QED) is 0.118. The van der Waals surface area contributed by atoms with Gasteiger partial charge in [-0.2, -0.15) is 0 Å². The third-order valence-electron chi connectivity index (χ3n) is 8.73. The van der Waals surface area contributed by atoms with E-state index in [1.165, 1.54) is 38.5 Å². The summed E-state index contributed by atoms with van der Waals surface area (Å²) in [5.74, 6) is -1.31. The molecule has 0 spiro atoms. The Bertz CT molecular complexity index is 763. The van der Waals surface area contributed by atoms with Gasteiger partial charge in [0.1, 0.15) is 25.4 Å². The normalized spacial score (nSPS) is 23.1. The van der Waals surface area contributed by atoms with Crippen LogP contribution in [0.5, 0.6) is 0 Å². The SMILES string of the molecule is CCCCCCCCCCCCC(C)(C(=O)OCC1COCCOCCOCCOCCO1)C(=O)OCC1COCCOCCOCCOCCO1. The van der Waals surface area contributed by atoms with Gasteiger partial charge in [-0.25, -0.2) is 0 Å². The van der Waals surface area contributed by atoms with E-state index in [-0.39, 0.29) is 39.6 Å². The first-order valence-corrected chi connectivity index (χ1v) is 19.8. The van der Waals surface area contributed by atoms with E-state index < -0.39 is 29.6 Å². The first-order valence-electron chi connectivity index (χ1n) is 19.8. The fourth-order valence-corrected chi connectivity index (χ4v) is 5.49. The number of rotatable bonds is 17. The number of hydrogen-bond donors (Lipinski definition) is 0. The van der Waals surface area contributed by atoms with Gasteiger partial charge in [0.15, 0.2) is 5.41 Å². The third-order valence-corrected chi connectivity index (χ3v) is 8.73. The Morgan fingerprint density at radius 2 is 0.769 bits per heavy atom. The van der Waals surface area contributed by atoms with Crippen LogP contribution in [0.25, 0.3) is 0 Å². The predicted octanol–water partition coefficient (Wildman–Crippen LogP) is 4.32. The zero-order chi connectivity index (χ0) is 37.2. The second kappa shape index (κ2) is 32.9. The lowest BCUT2D eigenvalue weighted by Crippen LogP contribution is -2.42. The van der Waals surface area contributed by atoms with E-state index >= 15 is 0 Å². The third kappa shape index (κ3) is 24.0. The van der Waals surface area contributed by atoms with Crippen molar-refractivity contribution in [1.29, 1.82) is 0 Å². The standard InChI is InChI=1S/C38H70O14/c1-3-4-5-6-7-8-9-10-11-12-13-38(2,36(39)51-32-34-30-47-24-22-43-16-14-41-18-20-45-26-28-49-34)37(40)52-33-35-31-48-25-23-44-17-15-42-19-21-46-27-29-50-35/h34-35H,3-33H2,1-2H3. The molecule has 0 aliphatic carbocycles. The first kappa shape index (κ1) is 46.7. The summed E-state index contributed by atoms with van der Waals surface area (Å²) in [6, 6.07) is 0. The van der Waals surface area contributed by atoms with Crippen molar-refractivity contribution in [2.75, 3.05) is 132 Å².